The Hall–Kier alpha value is -2.07. The zero-order valence-corrected chi connectivity index (χ0v) is 13.1. The number of carbonyl (C=O) groups excluding carboxylic acids is 1. The number of rotatable bonds is 3. The molecule has 0 spiro atoms. The molecule has 3 heterocycles. The zero-order chi connectivity index (χ0) is 15.8. The molecule has 23 heavy (non-hydrogen) atoms. The Balaban J connectivity index is 1.63. The Morgan fingerprint density at radius 1 is 1.17 bits per heavy atom. The third-order valence-electron chi connectivity index (χ3n) is 5.11. The molecule has 1 aromatic heterocycles. The number of carbonyl (C=O) groups is 1. The Morgan fingerprint density at radius 3 is 2.70 bits per heavy atom. The second-order valence-electron chi connectivity index (χ2n) is 6.36. The topological polar surface area (TPSA) is 48.7 Å². The first-order chi connectivity index (χ1) is 11.3. The lowest BCUT2D eigenvalue weighted by molar-refractivity contribution is -0.156. The molecule has 2 aliphatic rings. The predicted molar refractivity (Wildman–Crippen MR) is 84.9 cm³/mol. The molecule has 120 valence electrons. The van der Waals surface area contributed by atoms with Crippen molar-refractivity contribution in [1.29, 1.82) is 0 Å². The van der Waals surface area contributed by atoms with Crippen LogP contribution in [0, 0.1) is 5.92 Å². The number of hydrogen-bond donors (Lipinski definition) is 0. The molecule has 4 atom stereocenters. The summed E-state index contributed by atoms with van der Waals surface area (Å²) in [5.41, 5.74) is 2.22. The van der Waals surface area contributed by atoms with E-state index in [1.807, 2.05) is 12.1 Å². The Bertz CT molecular complexity index is 674. The molecule has 4 rings (SSSR count). The van der Waals surface area contributed by atoms with E-state index in [4.69, 9.17) is 13.9 Å². The average molecular weight is 312 g/mol. The van der Waals surface area contributed by atoms with E-state index >= 15 is 0 Å². The summed E-state index contributed by atoms with van der Waals surface area (Å²) in [6, 6.07) is 12.1. The van der Waals surface area contributed by atoms with Crippen molar-refractivity contribution in [2.75, 3.05) is 7.11 Å². The van der Waals surface area contributed by atoms with E-state index in [2.05, 4.69) is 24.3 Å². The fraction of sp³-hybridized carbons (Fsp3) is 0.421. The van der Waals surface area contributed by atoms with Crippen LogP contribution >= 0.6 is 0 Å². The van der Waals surface area contributed by atoms with Crippen LogP contribution in [-0.2, 0) is 14.3 Å². The van der Waals surface area contributed by atoms with E-state index in [9.17, 15) is 4.79 Å². The molecule has 2 saturated heterocycles. The van der Waals surface area contributed by atoms with Crippen LogP contribution in [0.15, 0.2) is 47.1 Å². The van der Waals surface area contributed by atoms with Gasteiger partial charge >= 0.3 is 5.97 Å². The summed E-state index contributed by atoms with van der Waals surface area (Å²) in [4.78, 5) is 12.3. The quantitative estimate of drug-likeness (QED) is 0.810. The largest absolute Gasteiger partial charge is 0.469 e. The summed E-state index contributed by atoms with van der Waals surface area (Å²) < 4.78 is 16.4. The van der Waals surface area contributed by atoms with Crippen molar-refractivity contribution in [2.24, 2.45) is 5.92 Å². The molecule has 1 aromatic carbocycles. The second kappa shape index (κ2) is 5.85. The van der Waals surface area contributed by atoms with E-state index in [0.29, 0.717) is 0 Å². The van der Waals surface area contributed by atoms with Gasteiger partial charge in [-0.1, -0.05) is 24.3 Å². The van der Waals surface area contributed by atoms with Gasteiger partial charge in [0.1, 0.15) is 5.76 Å². The summed E-state index contributed by atoms with van der Waals surface area (Å²) in [7, 11) is 1.46. The van der Waals surface area contributed by atoms with Crippen LogP contribution in [0.2, 0.25) is 0 Å². The number of ether oxygens (including phenoxy) is 2. The minimum atomic E-state index is -0.201. The van der Waals surface area contributed by atoms with Gasteiger partial charge in [-0.3, -0.25) is 4.79 Å². The van der Waals surface area contributed by atoms with Gasteiger partial charge in [-0.25, -0.2) is 0 Å². The van der Waals surface area contributed by atoms with Gasteiger partial charge in [0, 0.05) is 11.5 Å². The van der Waals surface area contributed by atoms with Crippen LogP contribution in [0.1, 0.15) is 30.7 Å². The van der Waals surface area contributed by atoms with Crippen LogP contribution in [0.4, 0.5) is 0 Å². The summed E-state index contributed by atoms with van der Waals surface area (Å²) >= 11 is 0. The number of fused-ring (bicyclic) bond motifs is 2. The number of esters is 1. The predicted octanol–water partition coefficient (Wildman–Crippen LogP) is 3.77. The van der Waals surface area contributed by atoms with Crippen molar-refractivity contribution >= 4 is 5.97 Å². The maximum atomic E-state index is 12.3. The highest BCUT2D eigenvalue weighted by atomic mass is 16.5. The van der Waals surface area contributed by atoms with Crippen molar-refractivity contribution in [1.82, 2.24) is 0 Å². The van der Waals surface area contributed by atoms with E-state index in [0.717, 1.165) is 30.6 Å². The van der Waals surface area contributed by atoms with Crippen molar-refractivity contribution in [2.45, 2.75) is 37.4 Å². The normalized spacial score (nSPS) is 29.4. The molecule has 0 amide bonds. The zero-order valence-electron chi connectivity index (χ0n) is 13.1. The number of benzene rings is 1. The molecule has 0 saturated carbocycles. The Morgan fingerprint density at radius 2 is 2.00 bits per heavy atom. The summed E-state index contributed by atoms with van der Waals surface area (Å²) in [5, 5.41) is 0. The molecular formula is C19H20O4. The number of furan rings is 1. The first kappa shape index (κ1) is 14.5. The van der Waals surface area contributed by atoms with Crippen molar-refractivity contribution < 1.29 is 18.7 Å². The first-order valence-corrected chi connectivity index (χ1v) is 8.13. The van der Waals surface area contributed by atoms with E-state index < -0.39 is 0 Å². The van der Waals surface area contributed by atoms with Gasteiger partial charge < -0.3 is 13.9 Å². The maximum Gasteiger partial charge on any atom is 0.311 e. The van der Waals surface area contributed by atoms with Crippen molar-refractivity contribution in [3.8, 4) is 11.3 Å². The molecule has 0 unspecified atom stereocenters. The van der Waals surface area contributed by atoms with Crippen LogP contribution < -0.4 is 0 Å². The molecule has 4 nitrogen and oxygen atoms in total. The minimum Gasteiger partial charge on any atom is -0.469 e. The van der Waals surface area contributed by atoms with Crippen LogP contribution in [0.25, 0.3) is 11.3 Å². The molecule has 2 aliphatic heterocycles. The summed E-state index contributed by atoms with van der Waals surface area (Å²) in [5.74, 6) is 0.663. The standard InChI is InChI=1S/C19H20O4/c1-21-19(20)18-15(11-14-8-9-17(18)23-14)12-4-6-13(7-5-12)16-3-2-10-22-16/h2-7,10,14-15,17-18H,8-9,11H2,1H3/t14-,15+,17+,18-/m0/s1. The van der Waals surface area contributed by atoms with Gasteiger partial charge in [0.15, 0.2) is 0 Å². The van der Waals surface area contributed by atoms with E-state index in [1.54, 1.807) is 6.26 Å². The highest BCUT2D eigenvalue weighted by Crippen LogP contribution is 2.45. The maximum absolute atomic E-state index is 12.3. The highest BCUT2D eigenvalue weighted by Gasteiger charge is 2.47. The van der Waals surface area contributed by atoms with Gasteiger partial charge in [0.25, 0.3) is 0 Å². The monoisotopic (exact) mass is 312 g/mol. The van der Waals surface area contributed by atoms with Crippen LogP contribution in [0.3, 0.4) is 0 Å². The van der Waals surface area contributed by atoms with E-state index in [-0.39, 0.29) is 30.0 Å². The Labute approximate surface area is 135 Å². The molecule has 2 fully saturated rings. The van der Waals surface area contributed by atoms with Gasteiger partial charge in [-0.2, -0.15) is 0 Å². The van der Waals surface area contributed by atoms with Gasteiger partial charge in [0.05, 0.1) is 31.5 Å². The van der Waals surface area contributed by atoms with Crippen molar-refractivity contribution in [3.05, 3.63) is 48.2 Å². The highest BCUT2D eigenvalue weighted by molar-refractivity contribution is 5.75. The molecule has 2 bridgehead atoms. The third kappa shape index (κ3) is 2.57. The molecule has 0 N–H and O–H groups in total. The van der Waals surface area contributed by atoms with E-state index in [1.165, 1.54) is 12.7 Å². The number of hydrogen-bond acceptors (Lipinski definition) is 4. The van der Waals surface area contributed by atoms with Gasteiger partial charge in [0.2, 0.25) is 0 Å². The first-order valence-electron chi connectivity index (χ1n) is 8.13. The van der Waals surface area contributed by atoms with Crippen molar-refractivity contribution in [3.63, 3.8) is 0 Å². The third-order valence-corrected chi connectivity index (χ3v) is 5.11. The fourth-order valence-electron chi connectivity index (χ4n) is 3.99. The molecular weight excluding hydrogens is 292 g/mol. The van der Waals surface area contributed by atoms with Gasteiger partial charge in [-0.15, -0.1) is 0 Å². The Kier molecular flexibility index (Phi) is 3.69. The summed E-state index contributed by atoms with van der Waals surface area (Å²) in [6.07, 6.45) is 4.82. The van der Waals surface area contributed by atoms with Gasteiger partial charge in [-0.05, 0) is 37.0 Å². The fourth-order valence-corrected chi connectivity index (χ4v) is 3.99. The lowest BCUT2D eigenvalue weighted by atomic mass is 9.79. The summed E-state index contributed by atoms with van der Waals surface area (Å²) in [6.45, 7) is 0. The lowest BCUT2D eigenvalue weighted by Gasteiger charge is -2.35. The number of methoxy groups -OCH3 is 1. The molecule has 0 radical (unpaired) electrons. The minimum absolute atomic E-state index is 0.00375. The molecule has 2 aromatic rings. The molecule has 0 aliphatic carbocycles. The second-order valence-corrected chi connectivity index (χ2v) is 6.36. The van der Waals surface area contributed by atoms with Crippen LogP contribution in [0.5, 0.6) is 0 Å². The van der Waals surface area contributed by atoms with Crippen LogP contribution in [-0.4, -0.2) is 25.3 Å². The lowest BCUT2D eigenvalue weighted by Crippen LogP contribution is -2.39. The average Bonchev–Trinajstić information content (AvgIpc) is 3.25. The SMILES string of the molecule is COC(=O)[C@H]1[C@@H](c2ccc(-c3ccco3)cc2)C[C@@H]2CC[C@H]1O2. The molecule has 4 heteroatoms. The smallest absolute Gasteiger partial charge is 0.311 e.